The van der Waals surface area contributed by atoms with Gasteiger partial charge in [-0.05, 0) is 38.5 Å². The van der Waals surface area contributed by atoms with Crippen LogP contribution >= 0.6 is 0 Å². The number of hydrogen-bond acceptors (Lipinski definition) is 5. The fourth-order valence-electron chi connectivity index (χ4n) is 2.95. The van der Waals surface area contributed by atoms with Crippen molar-refractivity contribution < 1.29 is 22.7 Å². The zero-order chi connectivity index (χ0) is 20.4. The number of sulfone groups is 1. The first kappa shape index (κ1) is 20.1. The van der Waals surface area contributed by atoms with Crippen molar-refractivity contribution in [2.75, 3.05) is 6.61 Å². The number of carbonyl (C=O) groups is 1. The molecular formula is C21H23NO5S. The van der Waals surface area contributed by atoms with Crippen molar-refractivity contribution in [2.45, 2.75) is 37.9 Å². The number of nitrogens with one attached hydrogen (secondary N) is 1. The second-order valence-corrected chi connectivity index (χ2v) is 9.09. The molecule has 1 aliphatic heterocycles. The average molecular weight is 401 g/mol. The molecule has 148 valence electrons. The summed E-state index contributed by atoms with van der Waals surface area (Å²) >= 11 is 0. The molecule has 0 atom stereocenters. The summed E-state index contributed by atoms with van der Waals surface area (Å²) in [7, 11) is -3.89. The van der Waals surface area contributed by atoms with Crippen LogP contribution in [-0.4, -0.2) is 26.7 Å². The maximum atomic E-state index is 13.3. The molecule has 1 N–H and O–H groups in total. The first-order valence-corrected chi connectivity index (χ1v) is 10.4. The number of alkyl carbamates (subject to hydrolysis) is 1. The van der Waals surface area contributed by atoms with Crippen LogP contribution in [0.4, 0.5) is 4.79 Å². The van der Waals surface area contributed by atoms with Gasteiger partial charge >= 0.3 is 6.09 Å². The van der Waals surface area contributed by atoms with Gasteiger partial charge in [0.2, 0.25) is 9.84 Å². The van der Waals surface area contributed by atoms with Gasteiger partial charge in [0.05, 0.1) is 28.7 Å². The van der Waals surface area contributed by atoms with Crippen molar-refractivity contribution in [3.05, 3.63) is 76.3 Å². The van der Waals surface area contributed by atoms with Gasteiger partial charge in [-0.1, -0.05) is 48.0 Å². The first-order chi connectivity index (χ1) is 13.2. The molecule has 0 radical (unpaired) electrons. The van der Waals surface area contributed by atoms with Crippen molar-refractivity contribution in [3.8, 4) is 0 Å². The SMILES string of the molecule is Cc1ccc(S(=O)(=O)/C(COCc2ccccc2)=C2\NC(=O)OC2(C)C)cc1. The molecule has 1 amide bonds. The van der Waals surface area contributed by atoms with E-state index >= 15 is 0 Å². The third-order valence-corrected chi connectivity index (χ3v) is 6.32. The Labute approximate surface area is 165 Å². The molecule has 0 unspecified atom stereocenters. The molecule has 0 aliphatic carbocycles. The number of rotatable bonds is 6. The first-order valence-electron chi connectivity index (χ1n) is 8.87. The zero-order valence-electron chi connectivity index (χ0n) is 16.1. The summed E-state index contributed by atoms with van der Waals surface area (Å²) in [6, 6.07) is 16.0. The van der Waals surface area contributed by atoms with Crippen molar-refractivity contribution in [1.29, 1.82) is 0 Å². The number of amides is 1. The lowest BCUT2D eigenvalue weighted by Gasteiger charge is -2.21. The Morgan fingerprint density at radius 3 is 2.29 bits per heavy atom. The second-order valence-electron chi connectivity index (χ2n) is 7.12. The van der Waals surface area contributed by atoms with Crippen LogP contribution in [0.3, 0.4) is 0 Å². The van der Waals surface area contributed by atoms with Crippen LogP contribution in [0.25, 0.3) is 0 Å². The number of aryl methyl sites for hydroxylation is 1. The standard InChI is InChI=1S/C21H23NO5S/c1-15-9-11-17(12-10-15)28(24,25)18(19-21(2,3)27-20(23)22-19)14-26-13-16-7-5-4-6-8-16/h4-12H,13-14H2,1-3H3,(H,22,23)/b19-18-. The molecule has 28 heavy (non-hydrogen) atoms. The quantitative estimate of drug-likeness (QED) is 0.798. The monoisotopic (exact) mass is 401 g/mol. The molecule has 0 aromatic heterocycles. The molecule has 6 nitrogen and oxygen atoms in total. The molecule has 0 spiro atoms. The van der Waals surface area contributed by atoms with Crippen molar-refractivity contribution in [1.82, 2.24) is 5.32 Å². The normalized spacial score (nSPS) is 17.8. The highest BCUT2D eigenvalue weighted by atomic mass is 32.2. The molecule has 2 aromatic rings. The molecule has 1 heterocycles. The Kier molecular flexibility index (Phi) is 5.58. The third-order valence-electron chi connectivity index (χ3n) is 4.46. The minimum Gasteiger partial charge on any atom is -0.437 e. The van der Waals surface area contributed by atoms with Crippen LogP contribution in [0.1, 0.15) is 25.0 Å². The number of carbonyl (C=O) groups excluding carboxylic acids is 1. The molecule has 0 bridgehead atoms. The Balaban J connectivity index is 1.97. The van der Waals surface area contributed by atoms with Crippen molar-refractivity contribution in [3.63, 3.8) is 0 Å². The van der Waals surface area contributed by atoms with Gasteiger partial charge in [0.15, 0.2) is 0 Å². The number of hydrogen-bond donors (Lipinski definition) is 1. The topological polar surface area (TPSA) is 81.7 Å². The van der Waals surface area contributed by atoms with E-state index in [4.69, 9.17) is 9.47 Å². The minimum absolute atomic E-state index is 0.0110. The smallest absolute Gasteiger partial charge is 0.412 e. The van der Waals surface area contributed by atoms with Gasteiger partial charge in [0.1, 0.15) is 5.60 Å². The Morgan fingerprint density at radius 1 is 1.07 bits per heavy atom. The van der Waals surface area contributed by atoms with E-state index in [1.165, 1.54) is 0 Å². The lowest BCUT2D eigenvalue weighted by atomic mass is 10.1. The van der Waals surface area contributed by atoms with Gasteiger partial charge in [-0.25, -0.2) is 13.2 Å². The summed E-state index contributed by atoms with van der Waals surface area (Å²) < 4.78 is 37.6. The van der Waals surface area contributed by atoms with Crippen LogP contribution in [0.2, 0.25) is 0 Å². The minimum atomic E-state index is -3.89. The lowest BCUT2D eigenvalue weighted by molar-refractivity contribution is 0.0960. The van der Waals surface area contributed by atoms with Crippen LogP contribution < -0.4 is 5.32 Å². The van der Waals surface area contributed by atoms with Crippen molar-refractivity contribution >= 4 is 15.9 Å². The summed E-state index contributed by atoms with van der Waals surface area (Å²) in [5.74, 6) is 0. The molecule has 7 heteroatoms. The number of cyclic esters (lactones) is 1. The summed E-state index contributed by atoms with van der Waals surface area (Å²) in [4.78, 5) is 11.9. The summed E-state index contributed by atoms with van der Waals surface area (Å²) in [5.41, 5.74) is 0.975. The van der Waals surface area contributed by atoms with E-state index in [-0.39, 0.29) is 28.7 Å². The van der Waals surface area contributed by atoms with E-state index < -0.39 is 21.5 Å². The maximum Gasteiger partial charge on any atom is 0.412 e. The van der Waals surface area contributed by atoms with Gasteiger partial charge in [-0.2, -0.15) is 0 Å². The average Bonchev–Trinajstić information content (AvgIpc) is 2.91. The van der Waals surface area contributed by atoms with E-state index in [0.717, 1.165) is 11.1 Å². The third kappa shape index (κ3) is 4.26. The van der Waals surface area contributed by atoms with Gasteiger partial charge in [-0.15, -0.1) is 0 Å². The largest absolute Gasteiger partial charge is 0.437 e. The Hall–Kier alpha value is -2.64. The van der Waals surface area contributed by atoms with Crippen LogP contribution in [0.15, 0.2) is 70.1 Å². The summed E-state index contributed by atoms with van der Waals surface area (Å²) in [5, 5.41) is 2.54. The second kappa shape index (κ2) is 7.77. The highest BCUT2D eigenvalue weighted by Crippen LogP contribution is 2.32. The Morgan fingerprint density at radius 2 is 1.71 bits per heavy atom. The van der Waals surface area contributed by atoms with Crippen LogP contribution in [0.5, 0.6) is 0 Å². The van der Waals surface area contributed by atoms with Crippen LogP contribution in [0, 0.1) is 6.92 Å². The molecular weight excluding hydrogens is 378 g/mol. The fourth-order valence-corrected chi connectivity index (χ4v) is 4.53. The molecule has 0 saturated carbocycles. The highest BCUT2D eigenvalue weighted by Gasteiger charge is 2.42. The van der Waals surface area contributed by atoms with Crippen molar-refractivity contribution in [2.24, 2.45) is 0 Å². The lowest BCUT2D eigenvalue weighted by Crippen LogP contribution is -2.28. The van der Waals surface area contributed by atoms with Gasteiger partial charge < -0.3 is 9.47 Å². The van der Waals surface area contributed by atoms with E-state index in [1.807, 2.05) is 37.3 Å². The Bertz CT molecular complexity index is 993. The van der Waals surface area contributed by atoms with E-state index in [1.54, 1.807) is 38.1 Å². The predicted molar refractivity (Wildman–Crippen MR) is 105 cm³/mol. The molecule has 1 aliphatic rings. The molecule has 2 aromatic carbocycles. The number of ether oxygens (including phenoxy) is 2. The van der Waals surface area contributed by atoms with E-state index in [0.29, 0.717) is 0 Å². The number of benzene rings is 2. The van der Waals surface area contributed by atoms with E-state index in [9.17, 15) is 13.2 Å². The van der Waals surface area contributed by atoms with E-state index in [2.05, 4.69) is 5.32 Å². The van der Waals surface area contributed by atoms with Gasteiger partial charge in [0, 0.05) is 0 Å². The predicted octanol–water partition coefficient (Wildman–Crippen LogP) is 3.72. The molecule has 3 rings (SSSR count). The fraction of sp³-hybridized carbons (Fsp3) is 0.286. The van der Waals surface area contributed by atoms with Gasteiger partial charge in [-0.3, -0.25) is 5.32 Å². The van der Waals surface area contributed by atoms with Gasteiger partial charge in [0.25, 0.3) is 0 Å². The molecule has 1 saturated heterocycles. The summed E-state index contributed by atoms with van der Waals surface area (Å²) in [6.07, 6.45) is -0.681. The molecule has 1 fully saturated rings. The maximum absolute atomic E-state index is 13.3. The highest BCUT2D eigenvalue weighted by molar-refractivity contribution is 7.95. The summed E-state index contributed by atoms with van der Waals surface area (Å²) in [6.45, 7) is 5.22. The zero-order valence-corrected chi connectivity index (χ0v) is 16.9. The van der Waals surface area contributed by atoms with Crippen LogP contribution in [-0.2, 0) is 25.9 Å².